The van der Waals surface area contributed by atoms with Crippen molar-refractivity contribution in [1.29, 1.82) is 0 Å². The topological polar surface area (TPSA) is 128 Å². The van der Waals surface area contributed by atoms with Crippen molar-refractivity contribution in [1.82, 2.24) is 15.1 Å². The Kier molecular flexibility index (Phi) is 9.44. The number of methoxy groups -OCH3 is 1. The van der Waals surface area contributed by atoms with Crippen LogP contribution in [0.3, 0.4) is 0 Å². The summed E-state index contributed by atoms with van der Waals surface area (Å²) in [4.78, 5) is 23.1. The van der Waals surface area contributed by atoms with Crippen LogP contribution in [0.5, 0.6) is 5.75 Å². The van der Waals surface area contributed by atoms with Crippen LogP contribution in [0.1, 0.15) is 5.56 Å². The lowest BCUT2D eigenvalue weighted by Gasteiger charge is -2.22. The zero-order valence-electron chi connectivity index (χ0n) is 18.0. The zero-order valence-corrected chi connectivity index (χ0v) is 18.0. The van der Waals surface area contributed by atoms with Gasteiger partial charge in [-0.2, -0.15) is 18.3 Å². The minimum atomic E-state index is -5.08. The number of hydrogen-bond donors (Lipinski definition) is 4. The summed E-state index contributed by atoms with van der Waals surface area (Å²) in [6.07, 6.45) is -1.53. The average Bonchev–Trinajstić information content (AvgIpc) is 3.34. The molecule has 0 spiro atoms. The first-order valence-corrected chi connectivity index (χ1v) is 9.83. The number of rotatable bonds is 7. The molecular weight excluding hydrogens is 457 g/mol. The maximum Gasteiger partial charge on any atom is 0.490 e. The number of halogens is 3. The average molecular weight is 480 g/mol. The van der Waals surface area contributed by atoms with Gasteiger partial charge in [-0.25, -0.2) is 9.59 Å². The van der Waals surface area contributed by atoms with E-state index in [1.165, 1.54) is 0 Å². The minimum Gasteiger partial charge on any atom is -0.497 e. The number of urea groups is 1. The molecule has 0 aliphatic rings. The lowest BCUT2D eigenvalue weighted by molar-refractivity contribution is -0.192. The number of aliphatic hydroxyl groups excluding tert-OH is 1. The monoisotopic (exact) mass is 480 g/mol. The van der Waals surface area contributed by atoms with Crippen molar-refractivity contribution in [3.63, 3.8) is 0 Å². The van der Waals surface area contributed by atoms with Gasteiger partial charge in [0, 0.05) is 30.5 Å². The van der Waals surface area contributed by atoms with Crippen molar-refractivity contribution < 1.29 is 37.7 Å². The third kappa shape index (κ3) is 8.13. The number of benzene rings is 2. The van der Waals surface area contributed by atoms with Crippen LogP contribution in [0.15, 0.2) is 60.9 Å². The highest BCUT2D eigenvalue weighted by atomic mass is 19.4. The fourth-order valence-corrected chi connectivity index (χ4v) is 2.72. The van der Waals surface area contributed by atoms with Gasteiger partial charge in [0.1, 0.15) is 5.75 Å². The molecule has 0 aliphatic carbocycles. The molecule has 4 N–H and O–H groups in total. The molecule has 12 heteroatoms. The fourth-order valence-electron chi connectivity index (χ4n) is 2.72. The second-order valence-corrected chi connectivity index (χ2v) is 6.79. The maximum absolute atomic E-state index is 12.6. The standard InChI is InChI=1S/C20H22N4O3.C2HF3O2/c1-27-19-4-2-3-15(11-19)14-24(9-10-25)20(26)23-18-7-5-16(6-8-18)17-12-21-22-13-17;3-2(4,5)1(6)7/h2-8,11-13,25H,9-10,14H2,1H3,(H,21,22)(H,23,26);(H,6,7). The number of carbonyl (C=O) groups excluding carboxylic acids is 1. The number of hydrogen-bond acceptors (Lipinski definition) is 5. The molecule has 0 atom stereocenters. The molecule has 0 saturated carbocycles. The number of aromatic amines is 1. The lowest BCUT2D eigenvalue weighted by Crippen LogP contribution is -2.36. The highest BCUT2D eigenvalue weighted by Gasteiger charge is 2.38. The second kappa shape index (κ2) is 12.3. The van der Waals surface area contributed by atoms with E-state index >= 15 is 0 Å². The number of nitrogens with one attached hydrogen (secondary N) is 2. The zero-order chi connectivity index (χ0) is 25.1. The molecule has 0 bridgehead atoms. The molecule has 0 aliphatic heterocycles. The molecule has 182 valence electrons. The van der Waals surface area contributed by atoms with Crippen LogP contribution < -0.4 is 10.1 Å². The summed E-state index contributed by atoms with van der Waals surface area (Å²) in [5, 5.41) is 26.0. The van der Waals surface area contributed by atoms with Gasteiger partial charge in [-0.3, -0.25) is 5.10 Å². The number of carboxylic acids is 1. The number of nitrogens with zero attached hydrogens (tertiary/aromatic N) is 2. The van der Waals surface area contributed by atoms with Gasteiger partial charge < -0.3 is 25.2 Å². The van der Waals surface area contributed by atoms with Crippen LogP contribution >= 0.6 is 0 Å². The first-order chi connectivity index (χ1) is 16.1. The summed E-state index contributed by atoms with van der Waals surface area (Å²) in [5.41, 5.74) is 3.59. The van der Waals surface area contributed by atoms with Gasteiger partial charge in [-0.1, -0.05) is 24.3 Å². The number of H-pyrrole nitrogens is 1. The number of carboxylic acid groups (broad SMARTS) is 1. The summed E-state index contributed by atoms with van der Waals surface area (Å²) in [6, 6.07) is 14.7. The molecule has 3 rings (SSSR count). The van der Waals surface area contributed by atoms with E-state index in [1.807, 2.05) is 54.7 Å². The predicted molar refractivity (Wildman–Crippen MR) is 117 cm³/mol. The van der Waals surface area contributed by atoms with E-state index < -0.39 is 12.1 Å². The third-order valence-electron chi connectivity index (χ3n) is 4.37. The number of aliphatic carboxylic acids is 1. The Labute approximate surface area is 192 Å². The molecule has 0 radical (unpaired) electrons. The van der Waals surface area contributed by atoms with E-state index in [-0.39, 0.29) is 19.2 Å². The van der Waals surface area contributed by atoms with Crippen molar-refractivity contribution >= 4 is 17.7 Å². The number of carbonyl (C=O) groups is 2. The largest absolute Gasteiger partial charge is 0.497 e. The van der Waals surface area contributed by atoms with Crippen LogP contribution in [-0.4, -0.2) is 63.7 Å². The van der Waals surface area contributed by atoms with E-state index in [9.17, 15) is 23.1 Å². The molecule has 0 unspecified atom stereocenters. The Balaban J connectivity index is 0.000000509. The molecule has 1 aromatic heterocycles. The van der Waals surface area contributed by atoms with Crippen LogP contribution in [0.25, 0.3) is 11.1 Å². The number of ether oxygens (including phenoxy) is 1. The number of aromatic nitrogens is 2. The van der Waals surface area contributed by atoms with Gasteiger partial charge in [0.05, 0.1) is 19.9 Å². The van der Waals surface area contributed by atoms with Crippen molar-refractivity contribution in [3.8, 4) is 16.9 Å². The Morgan fingerprint density at radius 1 is 1.15 bits per heavy atom. The highest BCUT2D eigenvalue weighted by molar-refractivity contribution is 5.89. The number of anilines is 1. The van der Waals surface area contributed by atoms with Gasteiger partial charge in [-0.05, 0) is 35.4 Å². The molecule has 2 amide bonds. The van der Waals surface area contributed by atoms with Crippen molar-refractivity contribution in [2.45, 2.75) is 12.7 Å². The van der Waals surface area contributed by atoms with Gasteiger partial charge >= 0.3 is 18.2 Å². The fraction of sp³-hybridized carbons (Fsp3) is 0.227. The maximum atomic E-state index is 12.6. The van der Waals surface area contributed by atoms with Gasteiger partial charge in [0.25, 0.3) is 0 Å². The van der Waals surface area contributed by atoms with Crippen molar-refractivity contribution in [2.24, 2.45) is 0 Å². The molecule has 1 heterocycles. The first-order valence-electron chi connectivity index (χ1n) is 9.83. The van der Waals surface area contributed by atoms with Gasteiger partial charge in [-0.15, -0.1) is 0 Å². The molecule has 0 fully saturated rings. The SMILES string of the molecule is COc1cccc(CN(CCO)C(=O)Nc2ccc(-c3cn[nH]c3)cc2)c1.O=C(O)C(F)(F)F. The van der Waals surface area contributed by atoms with E-state index in [0.29, 0.717) is 12.2 Å². The molecular formula is C22H23F3N4O5. The van der Waals surface area contributed by atoms with Crippen molar-refractivity contribution in [2.75, 3.05) is 25.6 Å². The number of amides is 2. The third-order valence-corrected chi connectivity index (χ3v) is 4.37. The quantitative estimate of drug-likeness (QED) is 0.408. The van der Waals surface area contributed by atoms with Gasteiger partial charge in [0.2, 0.25) is 0 Å². The van der Waals surface area contributed by atoms with E-state index in [0.717, 1.165) is 22.4 Å². The van der Waals surface area contributed by atoms with Crippen LogP contribution in [-0.2, 0) is 11.3 Å². The highest BCUT2D eigenvalue weighted by Crippen LogP contribution is 2.21. The molecule has 9 nitrogen and oxygen atoms in total. The molecule has 3 aromatic rings. The Hall–Kier alpha value is -4.06. The molecule has 34 heavy (non-hydrogen) atoms. The van der Waals surface area contributed by atoms with Crippen LogP contribution in [0.2, 0.25) is 0 Å². The van der Waals surface area contributed by atoms with Crippen molar-refractivity contribution in [3.05, 3.63) is 66.5 Å². The first kappa shape index (κ1) is 26.2. The normalized spacial score (nSPS) is 10.6. The summed E-state index contributed by atoms with van der Waals surface area (Å²) in [7, 11) is 1.60. The van der Waals surface area contributed by atoms with E-state index in [1.54, 1.807) is 18.2 Å². The van der Waals surface area contributed by atoms with Gasteiger partial charge in [0.15, 0.2) is 0 Å². The smallest absolute Gasteiger partial charge is 0.490 e. The summed E-state index contributed by atoms with van der Waals surface area (Å²) < 4.78 is 37.0. The van der Waals surface area contributed by atoms with Crippen LogP contribution in [0, 0.1) is 0 Å². The molecule has 2 aromatic carbocycles. The van der Waals surface area contributed by atoms with E-state index in [2.05, 4.69) is 15.5 Å². The summed E-state index contributed by atoms with van der Waals surface area (Å²) in [6.45, 7) is 0.490. The Morgan fingerprint density at radius 2 is 1.82 bits per heavy atom. The second-order valence-electron chi connectivity index (χ2n) is 6.79. The molecule has 0 saturated heterocycles. The Bertz CT molecular complexity index is 1060. The number of aliphatic hydroxyl groups is 1. The summed E-state index contributed by atoms with van der Waals surface area (Å²) >= 11 is 0. The lowest BCUT2D eigenvalue weighted by atomic mass is 10.1. The van der Waals surface area contributed by atoms with E-state index in [4.69, 9.17) is 14.6 Å². The number of alkyl halides is 3. The predicted octanol–water partition coefficient (Wildman–Crippen LogP) is 3.75. The Morgan fingerprint density at radius 3 is 2.35 bits per heavy atom. The van der Waals surface area contributed by atoms with Crippen LogP contribution in [0.4, 0.5) is 23.7 Å². The minimum absolute atomic E-state index is 0.114. The summed E-state index contributed by atoms with van der Waals surface area (Å²) in [5.74, 6) is -2.03.